The molecule has 1 saturated carbocycles. The Balaban J connectivity index is 2.20. The average Bonchev–Trinajstić information content (AvgIpc) is 2.87. The quantitative estimate of drug-likeness (QED) is 0.677. The number of rotatable bonds is 1. The van der Waals surface area contributed by atoms with E-state index >= 15 is 0 Å². The summed E-state index contributed by atoms with van der Waals surface area (Å²) in [6.07, 6.45) is 2.77. The molecule has 0 amide bonds. The second-order valence-corrected chi connectivity index (χ2v) is 4.07. The Hall–Kier alpha value is -1.24. The van der Waals surface area contributed by atoms with Gasteiger partial charge >= 0.3 is 0 Å². The predicted molar refractivity (Wildman–Crippen MR) is 55.0 cm³/mol. The number of hydrogen-bond donors (Lipinski definition) is 1. The maximum atomic E-state index is 3.34. The van der Waals surface area contributed by atoms with Crippen LogP contribution in [-0.2, 0) is 0 Å². The molecule has 1 aromatic carbocycles. The zero-order valence-corrected chi connectivity index (χ0v) is 7.80. The van der Waals surface area contributed by atoms with E-state index in [0.29, 0.717) is 0 Å². The fraction of sp³-hybridized carbons (Fsp3) is 0.333. The van der Waals surface area contributed by atoms with E-state index in [1.165, 1.54) is 35.0 Å². The second-order valence-electron chi connectivity index (χ2n) is 4.07. The molecule has 0 spiro atoms. The zero-order valence-electron chi connectivity index (χ0n) is 7.80. The summed E-state index contributed by atoms with van der Waals surface area (Å²) in [5.41, 5.74) is 4.04. The molecule has 1 aromatic heterocycles. The van der Waals surface area contributed by atoms with Crippen LogP contribution in [0.25, 0.3) is 10.9 Å². The van der Waals surface area contributed by atoms with Gasteiger partial charge in [0.25, 0.3) is 0 Å². The number of fused-ring (bicyclic) bond motifs is 1. The summed E-state index contributed by atoms with van der Waals surface area (Å²) in [4.78, 5) is 3.34. The summed E-state index contributed by atoms with van der Waals surface area (Å²) in [6.45, 7) is 2.11. The third-order valence-electron chi connectivity index (χ3n) is 2.83. The van der Waals surface area contributed by atoms with E-state index in [9.17, 15) is 0 Å². The highest BCUT2D eigenvalue weighted by Gasteiger charge is 2.23. The normalized spacial score (nSPS) is 16.7. The molecule has 1 aliphatic rings. The molecular weight excluding hydrogens is 158 g/mol. The van der Waals surface area contributed by atoms with Gasteiger partial charge < -0.3 is 4.98 Å². The van der Waals surface area contributed by atoms with E-state index in [2.05, 4.69) is 36.2 Å². The average molecular weight is 171 g/mol. The van der Waals surface area contributed by atoms with Crippen molar-refractivity contribution in [2.45, 2.75) is 25.7 Å². The first kappa shape index (κ1) is 7.19. The van der Waals surface area contributed by atoms with Gasteiger partial charge in [-0.2, -0.15) is 0 Å². The fourth-order valence-electron chi connectivity index (χ4n) is 1.97. The number of nitrogens with one attached hydrogen (secondary N) is 1. The monoisotopic (exact) mass is 171 g/mol. The first-order valence-corrected chi connectivity index (χ1v) is 4.92. The van der Waals surface area contributed by atoms with Crippen molar-refractivity contribution in [3.05, 3.63) is 35.5 Å². The molecule has 1 heterocycles. The van der Waals surface area contributed by atoms with Gasteiger partial charge in [-0.15, -0.1) is 0 Å². The van der Waals surface area contributed by atoms with Gasteiger partial charge in [-0.25, -0.2) is 0 Å². The topological polar surface area (TPSA) is 15.8 Å². The highest BCUT2D eigenvalue weighted by molar-refractivity contribution is 5.81. The van der Waals surface area contributed by atoms with Crippen molar-refractivity contribution in [2.75, 3.05) is 0 Å². The van der Waals surface area contributed by atoms with Gasteiger partial charge in [-0.3, -0.25) is 0 Å². The van der Waals surface area contributed by atoms with E-state index in [1.807, 2.05) is 0 Å². The highest BCUT2D eigenvalue weighted by atomic mass is 14.7. The lowest BCUT2D eigenvalue weighted by molar-refractivity contribution is 1.14. The Labute approximate surface area is 77.8 Å². The van der Waals surface area contributed by atoms with Crippen LogP contribution in [0.3, 0.4) is 0 Å². The molecule has 66 valence electrons. The van der Waals surface area contributed by atoms with Crippen LogP contribution in [0.2, 0.25) is 0 Å². The summed E-state index contributed by atoms with van der Waals surface area (Å²) in [5.74, 6) is 0.861. The number of aromatic nitrogens is 1. The molecule has 1 aliphatic carbocycles. The molecule has 0 radical (unpaired) electrons. The van der Waals surface area contributed by atoms with Crippen molar-refractivity contribution >= 4 is 10.9 Å². The molecular formula is C12H13N. The summed E-state index contributed by atoms with van der Waals surface area (Å²) in [6, 6.07) is 9.02. The van der Waals surface area contributed by atoms with Crippen LogP contribution >= 0.6 is 0 Å². The number of aromatic amines is 1. The van der Waals surface area contributed by atoms with Crippen molar-refractivity contribution in [1.82, 2.24) is 4.98 Å². The van der Waals surface area contributed by atoms with Crippen LogP contribution in [0.1, 0.15) is 30.0 Å². The van der Waals surface area contributed by atoms with Crippen molar-refractivity contribution in [3.8, 4) is 0 Å². The lowest BCUT2D eigenvalue weighted by Gasteiger charge is -1.96. The number of hydrogen-bond acceptors (Lipinski definition) is 0. The van der Waals surface area contributed by atoms with Crippen molar-refractivity contribution in [2.24, 2.45) is 0 Å². The minimum Gasteiger partial charge on any atom is -0.359 e. The molecule has 0 unspecified atom stereocenters. The highest BCUT2D eigenvalue weighted by Crippen LogP contribution is 2.40. The molecule has 1 nitrogen and oxygen atoms in total. The molecule has 0 atom stereocenters. The third-order valence-corrected chi connectivity index (χ3v) is 2.83. The number of H-pyrrole nitrogens is 1. The summed E-state index contributed by atoms with van der Waals surface area (Å²) in [7, 11) is 0. The minimum atomic E-state index is 0.861. The first-order chi connectivity index (χ1) is 6.33. The smallest absolute Gasteiger partial charge is 0.0456 e. The fourth-order valence-corrected chi connectivity index (χ4v) is 1.97. The van der Waals surface area contributed by atoms with Gasteiger partial charge in [0.2, 0.25) is 0 Å². The summed E-state index contributed by atoms with van der Waals surface area (Å²) >= 11 is 0. The lowest BCUT2D eigenvalue weighted by atomic mass is 10.1. The van der Waals surface area contributed by atoms with Gasteiger partial charge in [-0.1, -0.05) is 6.07 Å². The number of benzene rings is 1. The Morgan fingerprint density at radius 2 is 2.08 bits per heavy atom. The standard InChI is InChI=1S/C12H13N/c1-8-6-11-7-10(9-2-3-9)4-5-12(11)13-8/h4-7,9,13H,2-3H2,1H3. The molecule has 0 saturated heterocycles. The van der Waals surface area contributed by atoms with Crippen LogP contribution < -0.4 is 0 Å². The Morgan fingerprint density at radius 1 is 1.23 bits per heavy atom. The van der Waals surface area contributed by atoms with E-state index in [1.54, 1.807) is 0 Å². The van der Waals surface area contributed by atoms with Crippen LogP contribution in [0.15, 0.2) is 24.3 Å². The summed E-state index contributed by atoms with van der Waals surface area (Å²) < 4.78 is 0. The molecule has 2 aromatic rings. The van der Waals surface area contributed by atoms with E-state index in [4.69, 9.17) is 0 Å². The van der Waals surface area contributed by atoms with Crippen LogP contribution in [0.5, 0.6) is 0 Å². The van der Waals surface area contributed by atoms with Gasteiger partial charge in [0.1, 0.15) is 0 Å². The van der Waals surface area contributed by atoms with E-state index < -0.39 is 0 Å². The van der Waals surface area contributed by atoms with Crippen LogP contribution in [-0.4, -0.2) is 4.98 Å². The van der Waals surface area contributed by atoms with Crippen molar-refractivity contribution < 1.29 is 0 Å². The maximum Gasteiger partial charge on any atom is 0.0456 e. The van der Waals surface area contributed by atoms with Crippen molar-refractivity contribution in [3.63, 3.8) is 0 Å². The molecule has 1 fully saturated rings. The molecule has 3 rings (SSSR count). The van der Waals surface area contributed by atoms with Gasteiger partial charge in [0.05, 0.1) is 0 Å². The predicted octanol–water partition coefficient (Wildman–Crippen LogP) is 3.35. The lowest BCUT2D eigenvalue weighted by Crippen LogP contribution is -1.77. The molecule has 0 bridgehead atoms. The maximum absolute atomic E-state index is 3.34. The molecule has 1 heteroatoms. The SMILES string of the molecule is Cc1cc2cc(C3CC3)ccc2[nH]1. The van der Waals surface area contributed by atoms with Gasteiger partial charge in [0.15, 0.2) is 0 Å². The Kier molecular flexibility index (Phi) is 1.32. The zero-order chi connectivity index (χ0) is 8.84. The molecule has 13 heavy (non-hydrogen) atoms. The first-order valence-electron chi connectivity index (χ1n) is 4.92. The van der Waals surface area contributed by atoms with Crippen LogP contribution in [0, 0.1) is 6.92 Å². The largest absolute Gasteiger partial charge is 0.359 e. The second kappa shape index (κ2) is 2.38. The summed E-state index contributed by atoms with van der Waals surface area (Å²) in [5, 5.41) is 1.36. The van der Waals surface area contributed by atoms with Crippen molar-refractivity contribution in [1.29, 1.82) is 0 Å². The Bertz CT molecular complexity index is 449. The van der Waals surface area contributed by atoms with Gasteiger partial charge in [-0.05, 0) is 54.8 Å². The molecule has 1 N–H and O–H groups in total. The minimum absolute atomic E-state index is 0.861. The third kappa shape index (κ3) is 1.15. The van der Waals surface area contributed by atoms with E-state index in [0.717, 1.165) is 5.92 Å². The van der Waals surface area contributed by atoms with Crippen LogP contribution in [0.4, 0.5) is 0 Å². The van der Waals surface area contributed by atoms with E-state index in [-0.39, 0.29) is 0 Å². The Morgan fingerprint density at radius 3 is 2.85 bits per heavy atom. The van der Waals surface area contributed by atoms with Gasteiger partial charge in [0, 0.05) is 11.2 Å². The molecule has 0 aliphatic heterocycles. The number of aryl methyl sites for hydroxylation is 1.